The number of carbonyl (C=O) groups is 1. The van der Waals surface area contributed by atoms with Gasteiger partial charge >= 0.3 is 0 Å². The largest absolute Gasteiger partial charge is 0.486 e. The normalized spacial score (nSPS) is 20.1. The highest BCUT2D eigenvalue weighted by atomic mass is 32.2. The predicted molar refractivity (Wildman–Crippen MR) is 135 cm³/mol. The number of nitrogens with one attached hydrogen (secondary N) is 1. The number of ether oxygens (including phenoxy) is 1. The smallest absolute Gasteiger partial charge is 0.244 e. The zero-order chi connectivity index (χ0) is 24.5. The van der Waals surface area contributed by atoms with E-state index in [1.807, 2.05) is 43.3 Å². The summed E-state index contributed by atoms with van der Waals surface area (Å²) in [6, 6.07) is 16.5. The number of likely N-dealkylation sites (tertiary alicyclic amines) is 1. The fraction of sp³-hybridized carbons (Fsp3) is 0.407. The molecular formula is C27H31N3O4S. The zero-order valence-electron chi connectivity index (χ0n) is 19.9. The van der Waals surface area contributed by atoms with Gasteiger partial charge in [0.1, 0.15) is 22.9 Å². The molecule has 3 aromatic rings. The van der Waals surface area contributed by atoms with Gasteiger partial charge < -0.3 is 9.64 Å². The van der Waals surface area contributed by atoms with Crippen LogP contribution < -0.4 is 9.46 Å². The van der Waals surface area contributed by atoms with E-state index in [0.29, 0.717) is 38.1 Å². The van der Waals surface area contributed by atoms with E-state index >= 15 is 0 Å². The molecule has 0 spiro atoms. The number of nitrogens with zero attached hydrogens (tertiary/aromatic N) is 2. The van der Waals surface area contributed by atoms with Crippen molar-refractivity contribution in [1.82, 2.24) is 14.6 Å². The van der Waals surface area contributed by atoms with Crippen molar-refractivity contribution in [1.29, 1.82) is 0 Å². The van der Waals surface area contributed by atoms with Crippen molar-refractivity contribution < 1.29 is 17.9 Å². The Labute approximate surface area is 206 Å². The first kappa shape index (κ1) is 23.8. The fourth-order valence-electron chi connectivity index (χ4n) is 5.28. The maximum atomic E-state index is 13.8. The number of benzene rings is 2. The molecule has 8 heteroatoms. The Morgan fingerprint density at radius 3 is 2.66 bits per heavy atom. The first-order chi connectivity index (χ1) is 16.9. The fourth-order valence-corrected chi connectivity index (χ4v) is 6.80. The molecule has 7 nitrogen and oxygen atoms in total. The van der Waals surface area contributed by atoms with Crippen LogP contribution in [0.4, 0.5) is 0 Å². The molecular weight excluding hydrogens is 462 g/mol. The number of para-hydroxylation sites is 1. The van der Waals surface area contributed by atoms with Crippen LogP contribution >= 0.6 is 0 Å². The summed E-state index contributed by atoms with van der Waals surface area (Å²) in [4.78, 5) is 20.3. The van der Waals surface area contributed by atoms with E-state index in [1.165, 1.54) is 0 Å². The number of hydrogen-bond donors (Lipinski definition) is 1. The third-order valence-electron chi connectivity index (χ3n) is 7.07. The van der Waals surface area contributed by atoms with Gasteiger partial charge in [-0.15, -0.1) is 0 Å². The average Bonchev–Trinajstić information content (AvgIpc) is 3.32. The van der Waals surface area contributed by atoms with Gasteiger partial charge in [-0.25, -0.2) is 8.42 Å². The van der Waals surface area contributed by atoms with Gasteiger partial charge in [0, 0.05) is 24.5 Å². The molecule has 1 saturated carbocycles. The predicted octanol–water partition coefficient (Wildman–Crippen LogP) is 4.20. The number of fused-ring (bicyclic) bond motifs is 1. The van der Waals surface area contributed by atoms with Crippen LogP contribution in [0.3, 0.4) is 0 Å². The van der Waals surface area contributed by atoms with Gasteiger partial charge in [0.15, 0.2) is 0 Å². The molecule has 35 heavy (non-hydrogen) atoms. The van der Waals surface area contributed by atoms with Gasteiger partial charge in [-0.1, -0.05) is 49.6 Å². The van der Waals surface area contributed by atoms with Crippen LogP contribution in [0.1, 0.15) is 44.1 Å². The molecule has 1 aliphatic heterocycles. The standard InChI is InChI=1S/C27H31N3O4S/c1-20-8-5-11-23(18-20)35(32,33)29-27(14-3-2-4-15-27)26(31)30-17-13-22(19-30)34-24-12-6-9-21-10-7-16-28-25(21)24/h5-12,16,18,22,29H,2-4,13-15,17,19H2,1H3. The number of aryl methyl sites for hydroxylation is 1. The number of aromatic nitrogens is 1. The van der Waals surface area contributed by atoms with Gasteiger partial charge in [-0.05, 0) is 49.6 Å². The number of carbonyl (C=O) groups excluding carboxylic acids is 1. The van der Waals surface area contributed by atoms with E-state index in [1.54, 1.807) is 29.3 Å². The molecule has 1 amide bonds. The van der Waals surface area contributed by atoms with Crippen LogP contribution in [-0.4, -0.2) is 48.9 Å². The summed E-state index contributed by atoms with van der Waals surface area (Å²) < 4.78 is 35.7. The molecule has 2 fully saturated rings. The maximum Gasteiger partial charge on any atom is 0.244 e. The molecule has 0 radical (unpaired) electrons. The van der Waals surface area contributed by atoms with Crippen molar-refractivity contribution in [3.05, 3.63) is 66.4 Å². The van der Waals surface area contributed by atoms with Crippen LogP contribution in [-0.2, 0) is 14.8 Å². The molecule has 184 valence electrons. The monoisotopic (exact) mass is 493 g/mol. The third kappa shape index (κ3) is 4.90. The minimum Gasteiger partial charge on any atom is -0.486 e. The van der Waals surface area contributed by atoms with Gasteiger partial charge in [0.05, 0.1) is 11.4 Å². The summed E-state index contributed by atoms with van der Waals surface area (Å²) in [5, 5.41) is 1.00. The summed E-state index contributed by atoms with van der Waals surface area (Å²) >= 11 is 0. The maximum absolute atomic E-state index is 13.8. The number of hydrogen-bond acceptors (Lipinski definition) is 5. The second kappa shape index (κ2) is 9.59. The Hall–Kier alpha value is -2.97. The van der Waals surface area contributed by atoms with E-state index in [-0.39, 0.29) is 16.9 Å². The first-order valence-corrected chi connectivity index (χ1v) is 13.8. The zero-order valence-corrected chi connectivity index (χ0v) is 20.8. The number of amides is 1. The van der Waals surface area contributed by atoms with Crippen LogP contribution in [0.25, 0.3) is 10.9 Å². The molecule has 1 unspecified atom stereocenters. The van der Waals surface area contributed by atoms with Crippen LogP contribution in [0.15, 0.2) is 65.7 Å². The average molecular weight is 494 g/mol. The molecule has 2 heterocycles. The second-order valence-corrected chi connectivity index (χ2v) is 11.4. The lowest BCUT2D eigenvalue weighted by atomic mass is 9.81. The summed E-state index contributed by atoms with van der Waals surface area (Å²) in [6.07, 6.45) is 5.91. The lowest BCUT2D eigenvalue weighted by Gasteiger charge is -2.39. The van der Waals surface area contributed by atoms with Crippen molar-refractivity contribution in [2.75, 3.05) is 13.1 Å². The van der Waals surface area contributed by atoms with Crippen molar-refractivity contribution >= 4 is 26.8 Å². The summed E-state index contributed by atoms with van der Waals surface area (Å²) in [6.45, 7) is 2.82. The second-order valence-electron chi connectivity index (χ2n) is 9.68. The van der Waals surface area contributed by atoms with E-state index in [4.69, 9.17) is 4.74 Å². The Balaban J connectivity index is 1.34. The van der Waals surface area contributed by atoms with Crippen molar-refractivity contribution in [2.24, 2.45) is 0 Å². The van der Waals surface area contributed by atoms with Crippen LogP contribution in [0, 0.1) is 6.92 Å². The molecule has 2 aliphatic rings. The van der Waals surface area contributed by atoms with Gasteiger partial charge in [0.2, 0.25) is 15.9 Å². The minimum absolute atomic E-state index is 0.143. The number of pyridine rings is 1. The number of rotatable bonds is 6. The molecule has 1 atom stereocenters. The lowest BCUT2D eigenvalue weighted by molar-refractivity contribution is -0.138. The molecule has 0 bridgehead atoms. The van der Waals surface area contributed by atoms with E-state index in [9.17, 15) is 13.2 Å². The van der Waals surface area contributed by atoms with E-state index in [0.717, 1.165) is 35.7 Å². The van der Waals surface area contributed by atoms with Crippen molar-refractivity contribution in [2.45, 2.75) is 62.0 Å². The lowest BCUT2D eigenvalue weighted by Crippen LogP contribution is -2.60. The summed E-state index contributed by atoms with van der Waals surface area (Å²) in [5.74, 6) is 0.561. The van der Waals surface area contributed by atoms with E-state index < -0.39 is 15.6 Å². The highest BCUT2D eigenvalue weighted by Gasteiger charge is 2.46. The highest BCUT2D eigenvalue weighted by Crippen LogP contribution is 2.34. The molecule has 2 aromatic carbocycles. The van der Waals surface area contributed by atoms with Crippen molar-refractivity contribution in [3.63, 3.8) is 0 Å². The van der Waals surface area contributed by atoms with Gasteiger partial charge in [0.25, 0.3) is 0 Å². The number of sulfonamides is 1. The topological polar surface area (TPSA) is 88.6 Å². The van der Waals surface area contributed by atoms with Gasteiger partial charge in [-0.3, -0.25) is 9.78 Å². The summed E-state index contributed by atoms with van der Waals surface area (Å²) in [7, 11) is -3.84. The molecule has 1 saturated heterocycles. The Morgan fingerprint density at radius 2 is 1.86 bits per heavy atom. The molecule has 5 rings (SSSR count). The highest BCUT2D eigenvalue weighted by molar-refractivity contribution is 7.89. The summed E-state index contributed by atoms with van der Waals surface area (Å²) in [5.41, 5.74) is 0.547. The third-order valence-corrected chi connectivity index (χ3v) is 8.60. The van der Waals surface area contributed by atoms with Crippen LogP contribution in [0.5, 0.6) is 5.75 Å². The van der Waals surface area contributed by atoms with Gasteiger partial charge in [-0.2, -0.15) is 4.72 Å². The minimum atomic E-state index is -3.84. The Bertz CT molecular complexity index is 1330. The van der Waals surface area contributed by atoms with Crippen LogP contribution in [0.2, 0.25) is 0 Å². The van der Waals surface area contributed by atoms with E-state index in [2.05, 4.69) is 9.71 Å². The first-order valence-electron chi connectivity index (χ1n) is 12.3. The SMILES string of the molecule is Cc1cccc(S(=O)(=O)NC2(C(=O)N3CCC(Oc4cccc5cccnc45)C3)CCCCC2)c1. The molecule has 1 aliphatic carbocycles. The molecule has 1 N–H and O–H groups in total. The quantitative estimate of drug-likeness (QED) is 0.556. The Kier molecular flexibility index (Phi) is 6.51. The Morgan fingerprint density at radius 1 is 1.09 bits per heavy atom. The molecule has 1 aromatic heterocycles. The van der Waals surface area contributed by atoms with Crippen molar-refractivity contribution in [3.8, 4) is 5.75 Å².